The smallest absolute Gasteiger partial charge is 0.220 e. The minimum absolute atomic E-state index is 0.0638. The third-order valence-electron chi connectivity index (χ3n) is 11.8. The van der Waals surface area contributed by atoms with Crippen LogP contribution in [0.3, 0.4) is 0 Å². The topological polar surface area (TPSA) is 69.6 Å². The van der Waals surface area contributed by atoms with Crippen molar-refractivity contribution < 1.29 is 15.0 Å². The fourth-order valence-corrected chi connectivity index (χ4v) is 7.83. The Hall–Kier alpha value is -1.65. The number of aliphatic hydroxyl groups excluding tert-OH is 2. The van der Waals surface area contributed by atoms with Gasteiger partial charge in [0.1, 0.15) is 0 Å². The van der Waals surface area contributed by atoms with Gasteiger partial charge in [-0.2, -0.15) is 0 Å². The van der Waals surface area contributed by atoms with E-state index in [0.717, 1.165) is 38.5 Å². The van der Waals surface area contributed by atoms with E-state index in [4.69, 9.17) is 0 Å². The summed E-state index contributed by atoms with van der Waals surface area (Å²) in [6, 6.07) is -0.618. The lowest BCUT2D eigenvalue weighted by molar-refractivity contribution is -0.123. The highest BCUT2D eigenvalue weighted by molar-refractivity contribution is 5.76. The molecule has 58 heavy (non-hydrogen) atoms. The molecule has 0 aromatic carbocycles. The van der Waals surface area contributed by atoms with Crippen molar-refractivity contribution in [3.8, 4) is 0 Å². The van der Waals surface area contributed by atoms with Gasteiger partial charge >= 0.3 is 0 Å². The van der Waals surface area contributed by atoms with Crippen LogP contribution in [0.5, 0.6) is 0 Å². The lowest BCUT2D eigenvalue weighted by Gasteiger charge is -2.20. The van der Waals surface area contributed by atoms with E-state index in [9.17, 15) is 15.0 Å². The molecule has 0 aliphatic heterocycles. The fourth-order valence-electron chi connectivity index (χ4n) is 7.83. The van der Waals surface area contributed by atoms with Gasteiger partial charge < -0.3 is 15.5 Å². The average molecular weight is 812 g/mol. The molecule has 2 unspecified atom stereocenters. The number of allylic oxidation sites excluding steroid dienone is 7. The number of amides is 1. The predicted molar refractivity (Wildman–Crippen MR) is 258 cm³/mol. The van der Waals surface area contributed by atoms with Crippen molar-refractivity contribution in [3.05, 3.63) is 48.6 Å². The lowest BCUT2D eigenvalue weighted by Crippen LogP contribution is -2.45. The largest absolute Gasteiger partial charge is 0.394 e. The van der Waals surface area contributed by atoms with Gasteiger partial charge in [0.2, 0.25) is 5.91 Å². The van der Waals surface area contributed by atoms with Gasteiger partial charge in [0.05, 0.1) is 18.8 Å². The molecule has 3 N–H and O–H groups in total. The molecule has 0 radical (unpaired) electrons. The molecule has 0 aliphatic rings. The van der Waals surface area contributed by atoms with Crippen molar-refractivity contribution in [1.82, 2.24) is 5.32 Å². The summed E-state index contributed by atoms with van der Waals surface area (Å²) in [5, 5.41) is 22.9. The Morgan fingerprint density at radius 2 is 0.707 bits per heavy atom. The van der Waals surface area contributed by atoms with E-state index in [1.807, 2.05) is 6.08 Å². The van der Waals surface area contributed by atoms with Crippen LogP contribution in [0.25, 0.3) is 0 Å². The van der Waals surface area contributed by atoms with Crippen molar-refractivity contribution in [2.45, 2.75) is 283 Å². The predicted octanol–water partition coefficient (Wildman–Crippen LogP) is 16.7. The second-order valence-corrected chi connectivity index (χ2v) is 17.6. The van der Waals surface area contributed by atoms with E-state index in [-0.39, 0.29) is 12.5 Å². The van der Waals surface area contributed by atoms with Crippen molar-refractivity contribution in [3.63, 3.8) is 0 Å². The highest BCUT2D eigenvalue weighted by Gasteiger charge is 2.18. The SMILES string of the molecule is CCCCCCC/C=C\C/C=C\C/C=C\CCCCCCCCCCCCCCCCCCCCCCCCC(=O)NC(CO)C(O)/C=C/CCCCCCCCC. The molecule has 4 heteroatoms. The van der Waals surface area contributed by atoms with Gasteiger partial charge in [-0.15, -0.1) is 0 Å². The van der Waals surface area contributed by atoms with E-state index < -0.39 is 12.1 Å². The highest BCUT2D eigenvalue weighted by Crippen LogP contribution is 2.16. The Morgan fingerprint density at radius 3 is 1.05 bits per heavy atom. The quantitative estimate of drug-likeness (QED) is 0.0423. The molecular weight excluding hydrogens is 711 g/mol. The van der Waals surface area contributed by atoms with E-state index >= 15 is 0 Å². The second-order valence-electron chi connectivity index (χ2n) is 17.6. The minimum Gasteiger partial charge on any atom is -0.394 e. The number of carbonyl (C=O) groups is 1. The standard InChI is InChI=1S/C54H101NO3/c1-3-5-7-9-11-13-14-15-16-17-18-19-20-21-22-23-24-25-26-27-28-29-30-31-32-33-34-35-36-37-38-39-40-42-44-46-48-50-54(58)55-52(51-56)53(57)49-47-45-43-41-12-10-8-6-4-2/h14-15,17-18,20-21,47,49,52-53,56-57H,3-13,16,19,22-46,48,50-51H2,1-2H3,(H,55,58)/b15-14-,18-17-,21-20-,49-47+. The zero-order chi connectivity index (χ0) is 42.1. The molecule has 0 bridgehead atoms. The van der Waals surface area contributed by atoms with Crippen LogP contribution in [0.1, 0.15) is 271 Å². The van der Waals surface area contributed by atoms with Gasteiger partial charge in [-0.1, -0.05) is 255 Å². The molecule has 0 fully saturated rings. The third-order valence-corrected chi connectivity index (χ3v) is 11.8. The third kappa shape index (κ3) is 45.4. The number of nitrogens with one attached hydrogen (secondary N) is 1. The summed E-state index contributed by atoms with van der Waals surface area (Å²) < 4.78 is 0. The van der Waals surface area contributed by atoms with Crippen molar-refractivity contribution in [2.24, 2.45) is 0 Å². The Bertz CT molecular complexity index is 923. The molecule has 4 nitrogen and oxygen atoms in total. The van der Waals surface area contributed by atoms with E-state index in [1.165, 1.54) is 212 Å². The molecule has 0 spiro atoms. The first-order chi connectivity index (χ1) is 28.7. The monoisotopic (exact) mass is 812 g/mol. The number of hydrogen-bond donors (Lipinski definition) is 3. The molecule has 0 heterocycles. The Balaban J connectivity index is 3.39. The van der Waals surface area contributed by atoms with Gasteiger partial charge in [0, 0.05) is 6.42 Å². The summed E-state index contributed by atoms with van der Waals surface area (Å²) in [5.41, 5.74) is 0. The molecule has 1 amide bonds. The summed E-state index contributed by atoms with van der Waals surface area (Å²) in [4.78, 5) is 12.4. The van der Waals surface area contributed by atoms with Gasteiger partial charge in [0.25, 0.3) is 0 Å². The summed E-state index contributed by atoms with van der Waals surface area (Å²) in [6.07, 6.45) is 68.5. The van der Waals surface area contributed by atoms with Crippen molar-refractivity contribution in [2.75, 3.05) is 6.61 Å². The molecule has 0 aliphatic carbocycles. The molecule has 0 aromatic rings. The Labute approximate surface area is 363 Å². The second kappa shape index (κ2) is 49.7. The number of carbonyl (C=O) groups excluding carboxylic acids is 1. The van der Waals surface area contributed by atoms with Crippen LogP contribution in [0, 0.1) is 0 Å². The van der Waals surface area contributed by atoms with Crippen LogP contribution in [0.4, 0.5) is 0 Å². The number of unbranched alkanes of at least 4 members (excludes halogenated alkanes) is 34. The van der Waals surface area contributed by atoms with Gasteiger partial charge in [-0.05, 0) is 57.8 Å². The van der Waals surface area contributed by atoms with Crippen LogP contribution in [-0.2, 0) is 4.79 Å². The molecular formula is C54H101NO3. The molecule has 340 valence electrons. The summed E-state index contributed by atoms with van der Waals surface area (Å²) in [6.45, 7) is 4.27. The number of hydrogen-bond acceptors (Lipinski definition) is 3. The molecule has 0 aromatic heterocycles. The van der Waals surface area contributed by atoms with Gasteiger partial charge in [0.15, 0.2) is 0 Å². The molecule has 2 atom stereocenters. The highest BCUT2D eigenvalue weighted by atomic mass is 16.3. The molecule has 0 saturated carbocycles. The van der Waals surface area contributed by atoms with E-state index in [1.54, 1.807) is 6.08 Å². The number of rotatable bonds is 47. The van der Waals surface area contributed by atoms with E-state index in [0.29, 0.717) is 6.42 Å². The minimum atomic E-state index is -0.835. The Morgan fingerprint density at radius 1 is 0.414 bits per heavy atom. The van der Waals surface area contributed by atoms with Gasteiger partial charge in [-0.3, -0.25) is 4.79 Å². The zero-order valence-corrected chi connectivity index (χ0v) is 39.1. The van der Waals surface area contributed by atoms with Crippen molar-refractivity contribution >= 4 is 5.91 Å². The molecule has 0 rings (SSSR count). The maximum Gasteiger partial charge on any atom is 0.220 e. The maximum absolute atomic E-state index is 12.4. The van der Waals surface area contributed by atoms with Gasteiger partial charge in [-0.25, -0.2) is 0 Å². The zero-order valence-electron chi connectivity index (χ0n) is 39.1. The summed E-state index contributed by atoms with van der Waals surface area (Å²) >= 11 is 0. The van der Waals surface area contributed by atoms with Crippen LogP contribution >= 0.6 is 0 Å². The maximum atomic E-state index is 12.4. The van der Waals surface area contributed by atoms with Crippen LogP contribution in [-0.4, -0.2) is 34.9 Å². The first-order valence-corrected chi connectivity index (χ1v) is 25.9. The first kappa shape index (κ1) is 56.4. The van der Waals surface area contributed by atoms with Crippen LogP contribution in [0.15, 0.2) is 48.6 Å². The average Bonchev–Trinajstić information content (AvgIpc) is 3.23. The molecule has 0 saturated heterocycles. The normalized spacial score (nSPS) is 13.2. The lowest BCUT2D eigenvalue weighted by atomic mass is 10.0. The van der Waals surface area contributed by atoms with Crippen LogP contribution in [0.2, 0.25) is 0 Å². The summed E-state index contributed by atoms with van der Waals surface area (Å²) in [5.74, 6) is -0.0638. The summed E-state index contributed by atoms with van der Waals surface area (Å²) in [7, 11) is 0. The number of aliphatic hydroxyl groups is 2. The fraction of sp³-hybridized carbons (Fsp3) is 0.833. The Kier molecular flexibility index (Phi) is 48.3. The van der Waals surface area contributed by atoms with Crippen LogP contribution < -0.4 is 5.32 Å². The van der Waals surface area contributed by atoms with Crippen molar-refractivity contribution in [1.29, 1.82) is 0 Å². The first-order valence-electron chi connectivity index (χ1n) is 25.9. The van der Waals surface area contributed by atoms with E-state index in [2.05, 4.69) is 55.6 Å².